The van der Waals surface area contributed by atoms with Crippen LogP contribution in [0.4, 0.5) is 0 Å². The van der Waals surface area contributed by atoms with Crippen molar-refractivity contribution in [1.82, 2.24) is 19.4 Å². The first-order valence-corrected chi connectivity index (χ1v) is 13.9. The standard InChI is InChI=1S/C25H33N5O3S/c1-29-18-21(17-26-29)22-10-6-5-7-19(22)11-16-34(32,33)30-14-12-25(13-15-30)24(31)27-23(28-25)20-8-3-2-4-9-20/h5-7,10,17-18,20H,2-4,8-9,11-16H2,1H3,(H,27,28,31). The van der Waals surface area contributed by atoms with Gasteiger partial charge in [0.1, 0.15) is 11.4 Å². The molecule has 0 bridgehead atoms. The SMILES string of the molecule is Cn1cc(-c2ccccc2CCS(=O)(=O)N2CCC3(CC2)N=C(C2CCCCC2)NC3=O)cn1. The highest BCUT2D eigenvalue weighted by Crippen LogP contribution is 2.35. The lowest BCUT2D eigenvalue weighted by molar-refractivity contribution is -0.125. The second-order valence-electron chi connectivity index (χ2n) is 9.84. The molecule has 2 aromatic rings. The number of nitrogens with one attached hydrogen (secondary N) is 1. The molecule has 0 unspecified atom stereocenters. The Kier molecular flexibility index (Phi) is 6.33. The van der Waals surface area contributed by atoms with E-state index < -0.39 is 15.6 Å². The zero-order chi connectivity index (χ0) is 23.8. The molecule has 1 saturated heterocycles. The molecule has 3 aliphatic rings. The van der Waals surface area contributed by atoms with Crippen LogP contribution >= 0.6 is 0 Å². The molecule has 1 spiro atoms. The number of carbonyl (C=O) groups excluding carboxylic acids is 1. The van der Waals surface area contributed by atoms with Crippen LogP contribution in [0.5, 0.6) is 0 Å². The Morgan fingerprint density at radius 2 is 1.85 bits per heavy atom. The van der Waals surface area contributed by atoms with Crippen LogP contribution in [0.15, 0.2) is 41.7 Å². The Hall–Kier alpha value is -2.52. The van der Waals surface area contributed by atoms with E-state index in [4.69, 9.17) is 4.99 Å². The fourth-order valence-corrected chi connectivity index (χ4v) is 7.01. The molecule has 5 rings (SSSR count). The number of nitrogens with zero attached hydrogens (tertiary/aromatic N) is 4. The fourth-order valence-electron chi connectivity index (χ4n) is 5.53. The van der Waals surface area contributed by atoms with Crippen LogP contribution in [0.2, 0.25) is 0 Å². The normalized spacial score (nSPS) is 21.6. The van der Waals surface area contributed by atoms with Gasteiger partial charge in [0, 0.05) is 37.8 Å². The van der Waals surface area contributed by atoms with Crippen LogP contribution in [-0.4, -0.2) is 58.6 Å². The third-order valence-corrected chi connectivity index (χ3v) is 9.47. The number of aryl methyl sites for hydroxylation is 2. The van der Waals surface area contributed by atoms with E-state index in [0.29, 0.717) is 38.3 Å². The third kappa shape index (κ3) is 4.55. The summed E-state index contributed by atoms with van der Waals surface area (Å²) in [7, 11) is -1.57. The quantitative estimate of drug-likeness (QED) is 0.683. The highest BCUT2D eigenvalue weighted by atomic mass is 32.2. The van der Waals surface area contributed by atoms with Crippen molar-refractivity contribution in [3.05, 3.63) is 42.2 Å². The fraction of sp³-hybridized carbons (Fsp3) is 0.560. The topological polar surface area (TPSA) is 96.7 Å². The second kappa shape index (κ2) is 9.26. The van der Waals surface area contributed by atoms with Crippen LogP contribution in [0.1, 0.15) is 50.5 Å². The average Bonchev–Trinajstić information content (AvgIpc) is 3.42. The largest absolute Gasteiger partial charge is 0.312 e. The summed E-state index contributed by atoms with van der Waals surface area (Å²) >= 11 is 0. The van der Waals surface area contributed by atoms with Gasteiger partial charge in [0.05, 0.1) is 11.9 Å². The molecule has 0 radical (unpaired) electrons. The van der Waals surface area contributed by atoms with Crippen LogP contribution in [0.3, 0.4) is 0 Å². The molecule has 3 heterocycles. The number of carbonyl (C=O) groups is 1. The summed E-state index contributed by atoms with van der Waals surface area (Å²) in [5.41, 5.74) is 2.19. The summed E-state index contributed by atoms with van der Waals surface area (Å²) in [5.74, 6) is 1.18. The van der Waals surface area contributed by atoms with Gasteiger partial charge in [-0.05, 0) is 43.2 Å². The number of aromatic nitrogens is 2. The van der Waals surface area contributed by atoms with Gasteiger partial charge in [0.25, 0.3) is 5.91 Å². The molecule has 8 nitrogen and oxygen atoms in total. The van der Waals surface area contributed by atoms with E-state index in [1.54, 1.807) is 15.2 Å². The molecule has 2 aliphatic heterocycles. The first-order chi connectivity index (χ1) is 16.4. The lowest BCUT2D eigenvalue weighted by Crippen LogP contribution is -2.51. The Morgan fingerprint density at radius 1 is 1.12 bits per heavy atom. The van der Waals surface area contributed by atoms with Gasteiger partial charge in [-0.2, -0.15) is 5.10 Å². The van der Waals surface area contributed by atoms with Crippen molar-refractivity contribution in [2.45, 2.75) is 56.9 Å². The van der Waals surface area contributed by atoms with Gasteiger partial charge < -0.3 is 5.32 Å². The number of sulfonamides is 1. The molecule has 0 atom stereocenters. The monoisotopic (exact) mass is 483 g/mol. The van der Waals surface area contributed by atoms with E-state index in [0.717, 1.165) is 35.4 Å². The molecule has 9 heteroatoms. The number of benzene rings is 1. The van der Waals surface area contributed by atoms with Crippen LogP contribution in [-0.2, 0) is 28.3 Å². The molecule has 182 valence electrons. The minimum Gasteiger partial charge on any atom is -0.312 e. The first-order valence-electron chi connectivity index (χ1n) is 12.3. The minimum atomic E-state index is -3.44. The van der Waals surface area contributed by atoms with Crippen molar-refractivity contribution in [1.29, 1.82) is 0 Å². The summed E-state index contributed by atoms with van der Waals surface area (Å²) in [4.78, 5) is 17.7. The predicted molar refractivity (Wildman–Crippen MR) is 132 cm³/mol. The van der Waals surface area contributed by atoms with E-state index in [1.807, 2.05) is 37.5 Å². The number of hydrogen-bond acceptors (Lipinski definition) is 5. The predicted octanol–water partition coefficient (Wildman–Crippen LogP) is 2.90. The summed E-state index contributed by atoms with van der Waals surface area (Å²) in [6, 6.07) is 7.88. The molecule has 2 fully saturated rings. The number of hydrogen-bond donors (Lipinski definition) is 1. The Labute approximate surface area is 201 Å². The molecule has 1 aromatic heterocycles. The number of amidine groups is 1. The first kappa shape index (κ1) is 23.2. The molecule has 1 aliphatic carbocycles. The molecule has 1 aromatic carbocycles. The van der Waals surface area contributed by atoms with Gasteiger partial charge in [-0.25, -0.2) is 12.7 Å². The molecule has 1 amide bonds. The van der Waals surface area contributed by atoms with Crippen molar-refractivity contribution >= 4 is 21.8 Å². The second-order valence-corrected chi connectivity index (χ2v) is 11.9. The maximum absolute atomic E-state index is 13.2. The highest BCUT2D eigenvalue weighted by molar-refractivity contribution is 7.89. The van der Waals surface area contributed by atoms with Gasteiger partial charge in [0.15, 0.2) is 0 Å². The van der Waals surface area contributed by atoms with Crippen molar-refractivity contribution < 1.29 is 13.2 Å². The summed E-state index contributed by atoms with van der Waals surface area (Å²) in [6.07, 6.45) is 10.8. The van der Waals surface area contributed by atoms with Gasteiger partial charge in [-0.3, -0.25) is 14.5 Å². The van der Waals surface area contributed by atoms with Crippen LogP contribution in [0, 0.1) is 5.92 Å². The number of piperidine rings is 1. The Morgan fingerprint density at radius 3 is 2.56 bits per heavy atom. The lowest BCUT2D eigenvalue weighted by atomic mass is 9.88. The summed E-state index contributed by atoms with van der Waals surface area (Å²) in [5, 5.41) is 7.28. The van der Waals surface area contributed by atoms with Gasteiger partial charge in [-0.15, -0.1) is 0 Å². The molecule has 34 heavy (non-hydrogen) atoms. The van der Waals surface area contributed by atoms with E-state index in [2.05, 4.69) is 10.4 Å². The van der Waals surface area contributed by atoms with Crippen LogP contribution < -0.4 is 5.32 Å². The van der Waals surface area contributed by atoms with Gasteiger partial charge in [0.2, 0.25) is 10.0 Å². The van der Waals surface area contributed by atoms with Gasteiger partial charge >= 0.3 is 0 Å². The zero-order valence-corrected chi connectivity index (χ0v) is 20.6. The number of amides is 1. The summed E-state index contributed by atoms with van der Waals surface area (Å²) in [6.45, 7) is 0.670. The van der Waals surface area contributed by atoms with E-state index in [-0.39, 0.29) is 11.7 Å². The lowest BCUT2D eigenvalue weighted by Gasteiger charge is -2.34. The van der Waals surface area contributed by atoms with Crippen LogP contribution in [0.25, 0.3) is 11.1 Å². The number of rotatable bonds is 6. The number of aliphatic imine (C=N–C) groups is 1. The van der Waals surface area contributed by atoms with E-state index in [1.165, 1.54) is 19.3 Å². The molecule has 1 saturated carbocycles. The molecular formula is C25H33N5O3S. The van der Waals surface area contributed by atoms with Crippen molar-refractivity contribution in [2.75, 3.05) is 18.8 Å². The van der Waals surface area contributed by atoms with Crippen molar-refractivity contribution in [3.8, 4) is 11.1 Å². The highest BCUT2D eigenvalue weighted by Gasteiger charge is 2.48. The van der Waals surface area contributed by atoms with E-state index in [9.17, 15) is 13.2 Å². The molecule has 1 N–H and O–H groups in total. The van der Waals surface area contributed by atoms with E-state index >= 15 is 0 Å². The average molecular weight is 484 g/mol. The maximum atomic E-state index is 13.2. The van der Waals surface area contributed by atoms with Crippen molar-refractivity contribution in [3.63, 3.8) is 0 Å². The molecular weight excluding hydrogens is 450 g/mol. The maximum Gasteiger partial charge on any atom is 0.253 e. The Bertz CT molecular complexity index is 1190. The minimum absolute atomic E-state index is 0.0417. The smallest absolute Gasteiger partial charge is 0.253 e. The van der Waals surface area contributed by atoms with Gasteiger partial charge in [-0.1, -0.05) is 43.5 Å². The van der Waals surface area contributed by atoms with Crippen molar-refractivity contribution in [2.24, 2.45) is 18.0 Å². The summed E-state index contributed by atoms with van der Waals surface area (Å²) < 4.78 is 29.7. The Balaban J connectivity index is 1.23. The third-order valence-electron chi connectivity index (χ3n) is 7.60. The zero-order valence-electron chi connectivity index (χ0n) is 19.7.